The van der Waals surface area contributed by atoms with Gasteiger partial charge in [-0.15, -0.1) is 0 Å². The van der Waals surface area contributed by atoms with Crippen LogP contribution >= 0.6 is 0 Å². The summed E-state index contributed by atoms with van der Waals surface area (Å²) in [6, 6.07) is 8.46. The normalized spacial score (nSPS) is 13.4. The van der Waals surface area contributed by atoms with Gasteiger partial charge >= 0.3 is 0 Å². The van der Waals surface area contributed by atoms with E-state index in [4.69, 9.17) is 9.47 Å². The van der Waals surface area contributed by atoms with Gasteiger partial charge < -0.3 is 14.8 Å². The minimum atomic E-state index is -0.0645. The molecule has 1 N–H and O–H groups in total. The summed E-state index contributed by atoms with van der Waals surface area (Å²) in [5, 5.41) is 3.44. The van der Waals surface area contributed by atoms with Crippen molar-refractivity contribution < 1.29 is 9.47 Å². The Balaban J connectivity index is 2.33. The molecule has 0 bridgehead atoms. The molecule has 0 aliphatic rings. The van der Waals surface area contributed by atoms with Gasteiger partial charge in [-0.25, -0.2) is 0 Å². The van der Waals surface area contributed by atoms with Crippen LogP contribution in [0.4, 0.5) is 0 Å². The van der Waals surface area contributed by atoms with Crippen LogP contribution in [0.1, 0.15) is 39.3 Å². The SMILES string of the molecule is COc1ccc(C(C)NCCOC(C)(C)C)cc1. The molecule has 102 valence electrons. The molecule has 3 heteroatoms. The van der Waals surface area contributed by atoms with Crippen LogP contribution in [0.5, 0.6) is 5.75 Å². The molecule has 1 aromatic rings. The van der Waals surface area contributed by atoms with Crippen molar-refractivity contribution in [2.45, 2.75) is 39.3 Å². The number of nitrogens with one attached hydrogen (secondary N) is 1. The van der Waals surface area contributed by atoms with Crippen molar-refractivity contribution in [1.29, 1.82) is 0 Å². The molecule has 0 aliphatic carbocycles. The zero-order chi connectivity index (χ0) is 13.6. The standard InChI is InChI=1S/C15H25NO2/c1-12(16-10-11-18-15(2,3)4)13-6-8-14(17-5)9-7-13/h6-9,12,16H,10-11H2,1-5H3. The van der Waals surface area contributed by atoms with Gasteiger partial charge in [0.2, 0.25) is 0 Å². The van der Waals surface area contributed by atoms with E-state index >= 15 is 0 Å². The van der Waals surface area contributed by atoms with Crippen molar-refractivity contribution >= 4 is 0 Å². The third-order valence-corrected chi connectivity index (χ3v) is 2.70. The van der Waals surface area contributed by atoms with E-state index in [-0.39, 0.29) is 5.60 Å². The summed E-state index contributed by atoms with van der Waals surface area (Å²) in [5.41, 5.74) is 1.19. The summed E-state index contributed by atoms with van der Waals surface area (Å²) < 4.78 is 10.8. The molecule has 1 rings (SSSR count). The number of benzene rings is 1. The quantitative estimate of drug-likeness (QED) is 0.788. The fourth-order valence-electron chi connectivity index (χ4n) is 1.64. The Morgan fingerprint density at radius 1 is 1.17 bits per heavy atom. The van der Waals surface area contributed by atoms with Crippen molar-refractivity contribution in [1.82, 2.24) is 5.32 Å². The van der Waals surface area contributed by atoms with Crippen LogP contribution in [-0.2, 0) is 4.74 Å². The van der Waals surface area contributed by atoms with Gasteiger partial charge in [0.1, 0.15) is 5.75 Å². The molecule has 1 aromatic carbocycles. The lowest BCUT2D eigenvalue weighted by Gasteiger charge is -2.21. The van der Waals surface area contributed by atoms with E-state index < -0.39 is 0 Å². The first-order valence-corrected chi connectivity index (χ1v) is 6.43. The molecular formula is C15H25NO2. The Kier molecular flexibility index (Phi) is 5.63. The minimum Gasteiger partial charge on any atom is -0.497 e. The largest absolute Gasteiger partial charge is 0.497 e. The summed E-state index contributed by atoms with van der Waals surface area (Å²) in [6.45, 7) is 9.94. The molecule has 0 heterocycles. The van der Waals surface area contributed by atoms with Gasteiger partial charge in [-0.3, -0.25) is 0 Å². The Morgan fingerprint density at radius 2 is 1.78 bits per heavy atom. The third-order valence-electron chi connectivity index (χ3n) is 2.70. The first kappa shape index (κ1) is 15.0. The molecule has 0 amide bonds. The number of hydrogen-bond donors (Lipinski definition) is 1. The van der Waals surface area contributed by atoms with Crippen molar-refractivity contribution in [2.75, 3.05) is 20.3 Å². The van der Waals surface area contributed by atoms with Crippen LogP contribution in [-0.4, -0.2) is 25.9 Å². The molecule has 1 atom stereocenters. The predicted molar refractivity (Wildman–Crippen MR) is 75.1 cm³/mol. The van der Waals surface area contributed by atoms with Crippen molar-refractivity contribution in [3.8, 4) is 5.75 Å². The average Bonchev–Trinajstić information content (AvgIpc) is 2.33. The van der Waals surface area contributed by atoms with E-state index in [9.17, 15) is 0 Å². The monoisotopic (exact) mass is 251 g/mol. The fourth-order valence-corrected chi connectivity index (χ4v) is 1.64. The van der Waals surface area contributed by atoms with Crippen LogP contribution in [0.2, 0.25) is 0 Å². The molecule has 1 unspecified atom stereocenters. The Morgan fingerprint density at radius 3 is 2.28 bits per heavy atom. The average molecular weight is 251 g/mol. The Hall–Kier alpha value is -1.06. The Labute approximate surface area is 110 Å². The van der Waals surface area contributed by atoms with Gasteiger partial charge in [-0.05, 0) is 45.4 Å². The minimum absolute atomic E-state index is 0.0645. The first-order valence-electron chi connectivity index (χ1n) is 6.43. The van der Waals surface area contributed by atoms with Crippen LogP contribution in [0.15, 0.2) is 24.3 Å². The second-order valence-corrected chi connectivity index (χ2v) is 5.41. The molecule has 18 heavy (non-hydrogen) atoms. The topological polar surface area (TPSA) is 30.5 Å². The maximum Gasteiger partial charge on any atom is 0.118 e. The molecule has 0 saturated heterocycles. The zero-order valence-electron chi connectivity index (χ0n) is 12.1. The van der Waals surface area contributed by atoms with Crippen molar-refractivity contribution in [2.24, 2.45) is 0 Å². The van der Waals surface area contributed by atoms with E-state index in [0.29, 0.717) is 6.04 Å². The Bertz CT molecular complexity index is 341. The van der Waals surface area contributed by atoms with E-state index in [0.717, 1.165) is 18.9 Å². The summed E-state index contributed by atoms with van der Waals surface area (Å²) in [7, 11) is 1.68. The van der Waals surface area contributed by atoms with Crippen molar-refractivity contribution in [3.63, 3.8) is 0 Å². The third kappa shape index (κ3) is 5.52. The van der Waals surface area contributed by atoms with Gasteiger partial charge in [0.25, 0.3) is 0 Å². The van der Waals surface area contributed by atoms with Gasteiger partial charge in [0, 0.05) is 12.6 Å². The van der Waals surface area contributed by atoms with E-state index in [1.807, 2.05) is 12.1 Å². The highest BCUT2D eigenvalue weighted by atomic mass is 16.5. The summed E-state index contributed by atoms with van der Waals surface area (Å²) in [5.74, 6) is 0.891. The molecule has 0 radical (unpaired) electrons. The highest BCUT2D eigenvalue weighted by molar-refractivity contribution is 5.28. The number of methoxy groups -OCH3 is 1. The number of hydrogen-bond acceptors (Lipinski definition) is 3. The van der Waals surface area contributed by atoms with Gasteiger partial charge in [0.05, 0.1) is 19.3 Å². The number of ether oxygens (including phenoxy) is 2. The second-order valence-electron chi connectivity index (χ2n) is 5.41. The fraction of sp³-hybridized carbons (Fsp3) is 0.600. The first-order chi connectivity index (χ1) is 8.42. The molecule has 0 saturated carbocycles. The summed E-state index contributed by atoms with van der Waals surface area (Å²) in [6.07, 6.45) is 0. The maximum atomic E-state index is 5.67. The smallest absolute Gasteiger partial charge is 0.118 e. The maximum absolute atomic E-state index is 5.67. The lowest BCUT2D eigenvalue weighted by molar-refractivity contribution is -0.00149. The van der Waals surface area contributed by atoms with Crippen molar-refractivity contribution in [3.05, 3.63) is 29.8 Å². The van der Waals surface area contributed by atoms with E-state index in [2.05, 4.69) is 45.1 Å². The highest BCUT2D eigenvalue weighted by Crippen LogP contribution is 2.17. The van der Waals surface area contributed by atoms with Gasteiger partial charge in [0.15, 0.2) is 0 Å². The van der Waals surface area contributed by atoms with Crippen LogP contribution in [0.25, 0.3) is 0 Å². The van der Waals surface area contributed by atoms with Gasteiger partial charge in [-0.2, -0.15) is 0 Å². The highest BCUT2D eigenvalue weighted by Gasteiger charge is 2.10. The van der Waals surface area contributed by atoms with Gasteiger partial charge in [-0.1, -0.05) is 12.1 Å². The summed E-state index contributed by atoms with van der Waals surface area (Å²) in [4.78, 5) is 0. The second kappa shape index (κ2) is 6.76. The molecular weight excluding hydrogens is 226 g/mol. The number of rotatable bonds is 6. The molecule has 0 spiro atoms. The lowest BCUT2D eigenvalue weighted by Crippen LogP contribution is -2.28. The van der Waals surface area contributed by atoms with E-state index in [1.165, 1.54) is 5.56 Å². The van der Waals surface area contributed by atoms with Crippen LogP contribution < -0.4 is 10.1 Å². The molecule has 0 aliphatic heterocycles. The lowest BCUT2D eigenvalue weighted by atomic mass is 10.1. The predicted octanol–water partition coefficient (Wildman–Crippen LogP) is 3.16. The van der Waals surface area contributed by atoms with Crippen LogP contribution in [0.3, 0.4) is 0 Å². The van der Waals surface area contributed by atoms with E-state index in [1.54, 1.807) is 7.11 Å². The molecule has 0 aromatic heterocycles. The molecule has 3 nitrogen and oxygen atoms in total. The zero-order valence-corrected chi connectivity index (χ0v) is 12.1. The summed E-state index contributed by atoms with van der Waals surface area (Å²) >= 11 is 0. The molecule has 0 fully saturated rings. The van der Waals surface area contributed by atoms with Crippen LogP contribution in [0, 0.1) is 0 Å².